The lowest BCUT2D eigenvalue weighted by molar-refractivity contribution is 0.0946. The van der Waals surface area contributed by atoms with E-state index in [1.807, 2.05) is 6.92 Å². The number of carbonyl (C=O) groups excluding carboxylic acids is 1. The molecule has 2 rings (SSSR count). The van der Waals surface area contributed by atoms with Crippen LogP contribution in [0.1, 0.15) is 28.8 Å². The van der Waals surface area contributed by atoms with Crippen molar-refractivity contribution >= 4 is 5.91 Å². The van der Waals surface area contributed by atoms with Crippen molar-refractivity contribution in [3.8, 4) is 0 Å². The maximum atomic E-state index is 13.5. The molecule has 18 heavy (non-hydrogen) atoms. The van der Waals surface area contributed by atoms with Crippen LogP contribution in [0, 0.1) is 18.7 Å². The number of halogens is 1. The molecule has 1 fully saturated rings. The van der Waals surface area contributed by atoms with Crippen LogP contribution >= 0.6 is 0 Å². The fourth-order valence-electron chi connectivity index (χ4n) is 2.11. The summed E-state index contributed by atoms with van der Waals surface area (Å²) in [6, 6.07) is 4.56. The number of ether oxygens (including phenoxy) is 1. The summed E-state index contributed by atoms with van der Waals surface area (Å²) in [6.07, 6.45) is 1.94. The summed E-state index contributed by atoms with van der Waals surface area (Å²) in [5, 5.41) is 2.76. The van der Waals surface area contributed by atoms with E-state index < -0.39 is 5.82 Å². The van der Waals surface area contributed by atoms with E-state index in [1.165, 1.54) is 6.07 Å². The summed E-state index contributed by atoms with van der Waals surface area (Å²) in [7, 11) is 0. The normalized spacial score (nSPS) is 18.9. The van der Waals surface area contributed by atoms with Crippen LogP contribution in [0.25, 0.3) is 0 Å². The molecule has 1 unspecified atom stereocenters. The van der Waals surface area contributed by atoms with Gasteiger partial charge in [-0.2, -0.15) is 0 Å². The molecule has 0 spiro atoms. The highest BCUT2D eigenvalue weighted by Crippen LogP contribution is 2.15. The fraction of sp³-hybridized carbons (Fsp3) is 0.500. The molecule has 4 heteroatoms. The summed E-state index contributed by atoms with van der Waals surface area (Å²) in [5.74, 6) is -0.287. The van der Waals surface area contributed by atoms with Gasteiger partial charge in [0.25, 0.3) is 5.91 Å². The third-order valence-electron chi connectivity index (χ3n) is 3.23. The number of benzene rings is 1. The minimum absolute atomic E-state index is 0.123. The van der Waals surface area contributed by atoms with Crippen molar-refractivity contribution in [2.75, 3.05) is 19.8 Å². The van der Waals surface area contributed by atoms with Gasteiger partial charge in [-0.25, -0.2) is 4.39 Å². The van der Waals surface area contributed by atoms with Crippen LogP contribution in [0.15, 0.2) is 18.2 Å². The van der Waals surface area contributed by atoms with Crippen LogP contribution in [-0.4, -0.2) is 25.7 Å². The van der Waals surface area contributed by atoms with Crippen LogP contribution in [0.2, 0.25) is 0 Å². The van der Waals surface area contributed by atoms with Gasteiger partial charge < -0.3 is 10.1 Å². The first-order chi connectivity index (χ1) is 8.66. The van der Waals surface area contributed by atoms with E-state index in [0.717, 1.165) is 31.6 Å². The van der Waals surface area contributed by atoms with Gasteiger partial charge >= 0.3 is 0 Å². The maximum Gasteiger partial charge on any atom is 0.254 e. The molecule has 1 aromatic carbocycles. The van der Waals surface area contributed by atoms with Crippen molar-refractivity contribution in [1.29, 1.82) is 0 Å². The van der Waals surface area contributed by atoms with Crippen LogP contribution in [0.5, 0.6) is 0 Å². The van der Waals surface area contributed by atoms with Crippen molar-refractivity contribution in [3.05, 3.63) is 35.1 Å². The highest BCUT2D eigenvalue weighted by molar-refractivity contribution is 5.94. The molecule has 0 radical (unpaired) electrons. The molecule has 0 aromatic heterocycles. The summed E-state index contributed by atoms with van der Waals surface area (Å²) in [5.41, 5.74) is 1.00. The van der Waals surface area contributed by atoms with Crippen molar-refractivity contribution in [1.82, 2.24) is 5.32 Å². The molecule has 1 N–H and O–H groups in total. The smallest absolute Gasteiger partial charge is 0.254 e. The average molecular weight is 251 g/mol. The summed E-state index contributed by atoms with van der Waals surface area (Å²) in [4.78, 5) is 11.8. The molecular formula is C14H18FNO2. The SMILES string of the molecule is Cc1ccc(F)c(C(=O)NCCC2CCOC2)c1. The Hall–Kier alpha value is -1.42. The lowest BCUT2D eigenvalue weighted by Gasteiger charge is -2.09. The highest BCUT2D eigenvalue weighted by atomic mass is 19.1. The minimum atomic E-state index is -0.470. The molecule has 0 aliphatic carbocycles. The highest BCUT2D eigenvalue weighted by Gasteiger charge is 2.16. The lowest BCUT2D eigenvalue weighted by atomic mass is 10.1. The number of hydrogen-bond acceptors (Lipinski definition) is 2. The molecule has 98 valence electrons. The van der Waals surface area contributed by atoms with Gasteiger partial charge in [0, 0.05) is 19.8 Å². The Morgan fingerprint density at radius 3 is 3.11 bits per heavy atom. The summed E-state index contributed by atoms with van der Waals surface area (Å²) >= 11 is 0. The van der Waals surface area contributed by atoms with E-state index in [1.54, 1.807) is 12.1 Å². The standard InChI is InChI=1S/C14H18FNO2/c1-10-2-3-13(15)12(8-10)14(17)16-6-4-11-5-7-18-9-11/h2-3,8,11H,4-7,9H2,1H3,(H,16,17). The quantitative estimate of drug-likeness (QED) is 0.891. The molecule has 0 saturated carbocycles. The monoisotopic (exact) mass is 251 g/mol. The Morgan fingerprint density at radius 2 is 2.39 bits per heavy atom. The zero-order chi connectivity index (χ0) is 13.0. The van der Waals surface area contributed by atoms with Gasteiger partial charge in [0.15, 0.2) is 0 Å². The molecule has 1 aromatic rings. The van der Waals surface area contributed by atoms with E-state index in [9.17, 15) is 9.18 Å². The second-order valence-corrected chi connectivity index (χ2v) is 4.76. The number of carbonyl (C=O) groups is 1. The zero-order valence-corrected chi connectivity index (χ0v) is 10.5. The largest absolute Gasteiger partial charge is 0.381 e. The number of amides is 1. The number of rotatable bonds is 4. The first-order valence-electron chi connectivity index (χ1n) is 6.29. The van der Waals surface area contributed by atoms with Gasteiger partial charge in [0.2, 0.25) is 0 Å². The van der Waals surface area contributed by atoms with Gasteiger partial charge in [0.1, 0.15) is 5.82 Å². The van der Waals surface area contributed by atoms with Crippen LogP contribution in [0.3, 0.4) is 0 Å². The van der Waals surface area contributed by atoms with Crippen molar-refractivity contribution in [2.24, 2.45) is 5.92 Å². The molecule has 0 bridgehead atoms. The van der Waals surface area contributed by atoms with Crippen molar-refractivity contribution in [3.63, 3.8) is 0 Å². The predicted molar refractivity (Wildman–Crippen MR) is 67.0 cm³/mol. The Balaban J connectivity index is 1.85. The Kier molecular flexibility index (Phi) is 4.31. The van der Waals surface area contributed by atoms with Gasteiger partial charge in [0.05, 0.1) is 5.56 Å². The van der Waals surface area contributed by atoms with Gasteiger partial charge in [-0.05, 0) is 37.8 Å². The zero-order valence-electron chi connectivity index (χ0n) is 10.5. The van der Waals surface area contributed by atoms with Crippen molar-refractivity contribution in [2.45, 2.75) is 19.8 Å². The fourth-order valence-corrected chi connectivity index (χ4v) is 2.11. The summed E-state index contributed by atoms with van der Waals surface area (Å²) in [6.45, 7) is 3.99. The molecular weight excluding hydrogens is 233 g/mol. The van der Waals surface area contributed by atoms with E-state index in [-0.39, 0.29) is 11.5 Å². The average Bonchev–Trinajstić information content (AvgIpc) is 2.85. The number of nitrogens with one attached hydrogen (secondary N) is 1. The lowest BCUT2D eigenvalue weighted by Crippen LogP contribution is -2.27. The minimum Gasteiger partial charge on any atom is -0.381 e. The third-order valence-corrected chi connectivity index (χ3v) is 3.23. The predicted octanol–water partition coefficient (Wildman–Crippen LogP) is 2.29. The van der Waals surface area contributed by atoms with Gasteiger partial charge in [-0.15, -0.1) is 0 Å². The van der Waals surface area contributed by atoms with Crippen LogP contribution in [-0.2, 0) is 4.74 Å². The Labute approximate surface area is 106 Å². The topological polar surface area (TPSA) is 38.3 Å². The number of hydrogen-bond donors (Lipinski definition) is 1. The Morgan fingerprint density at radius 1 is 1.56 bits per heavy atom. The van der Waals surface area contributed by atoms with E-state index in [2.05, 4.69) is 5.32 Å². The van der Waals surface area contributed by atoms with E-state index in [4.69, 9.17) is 4.74 Å². The second-order valence-electron chi connectivity index (χ2n) is 4.76. The molecule has 1 atom stereocenters. The molecule has 3 nitrogen and oxygen atoms in total. The van der Waals surface area contributed by atoms with Crippen LogP contribution < -0.4 is 5.32 Å². The van der Waals surface area contributed by atoms with E-state index >= 15 is 0 Å². The van der Waals surface area contributed by atoms with Crippen molar-refractivity contribution < 1.29 is 13.9 Å². The third kappa shape index (κ3) is 3.29. The Bertz CT molecular complexity index is 428. The molecule has 1 saturated heterocycles. The first-order valence-corrected chi connectivity index (χ1v) is 6.29. The first kappa shape index (κ1) is 13.0. The molecule has 1 amide bonds. The molecule has 1 aliphatic heterocycles. The van der Waals surface area contributed by atoms with Gasteiger partial charge in [-0.1, -0.05) is 11.6 Å². The molecule has 1 aliphatic rings. The van der Waals surface area contributed by atoms with E-state index in [0.29, 0.717) is 12.5 Å². The maximum absolute atomic E-state index is 13.5. The van der Waals surface area contributed by atoms with Crippen LogP contribution in [0.4, 0.5) is 4.39 Å². The van der Waals surface area contributed by atoms with Gasteiger partial charge in [-0.3, -0.25) is 4.79 Å². The second kappa shape index (κ2) is 5.96. The molecule has 1 heterocycles. The number of aryl methyl sites for hydroxylation is 1. The summed E-state index contributed by atoms with van der Waals surface area (Å²) < 4.78 is 18.7.